The standard InChI is InChI=1S/C22H17NO4/c1-26-21(25)22(20(24)16-9-3-2-4-10-16)14-19(23-27-22)18-13-7-11-15-8-5-6-12-17(15)18/h2-13H,14H2,1H3. The van der Waals surface area contributed by atoms with Crippen LogP contribution in [0, 0.1) is 0 Å². The van der Waals surface area contributed by atoms with E-state index in [4.69, 9.17) is 9.57 Å². The highest BCUT2D eigenvalue weighted by atomic mass is 16.7. The Labute approximate surface area is 156 Å². The van der Waals surface area contributed by atoms with Crippen LogP contribution >= 0.6 is 0 Å². The molecular formula is C22H17NO4. The minimum atomic E-state index is -1.80. The van der Waals surface area contributed by atoms with Crippen molar-refractivity contribution in [2.75, 3.05) is 7.11 Å². The van der Waals surface area contributed by atoms with Gasteiger partial charge in [0.15, 0.2) is 0 Å². The van der Waals surface area contributed by atoms with E-state index in [9.17, 15) is 9.59 Å². The highest BCUT2D eigenvalue weighted by Crippen LogP contribution is 2.33. The Bertz CT molecular complexity index is 1050. The number of carbonyl (C=O) groups is 2. The van der Waals surface area contributed by atoms with E-state index < -0.39 is 17.4 Å². The Hall–Kier alpha value is -3.47. The number of ketones is 1. The van der Waals surface area contributed by atoms with Crippen LogP contribution in [0.3, 0.4) is 0 Å². The maximum atomic E-state index is 13.1. The number of oxime groups is 1. The third kappa shape index (κ3) is 2.77. The number of esters is 1. The molecule has 27 heavy (non-hydrogen) atoms. The molecule has 1 atom stereocenters. The van der Waals surface area contributed by atoms with Crippen molar-refractivity contribution in [3.8, 4) is 0 Å². The predicted molar refractivity (Wildman–Crippen MR) is 102 cm³/mol. The molecule has 0 amide bonds. The largest absolute Gasteiger partial charge is 0.466 e. The number of ether oxygens (including phenoxy) is 1. The van der Waals surface area contributed by atoms with Crippen LogP contribution in [0.5, 0.6) is 0 Å². The molecule has 0 aliphatic carbocycles. The lowest BCUT2D eigenvalue weighted by molar-refractivity contribution is -0.160. The van der Waals surface area contributed by atoms with Crippen molar-refractivity contribution in [2.24, 2.45) is 5.16 Å². The van der Waals surface area contributed by atoms with Crippen LogP contribution < -0.4 is 0 Å². The SMILES string of the molecule is COC(=O)C1(C(=O)c2ccccc2)CC(c2cccc3ccccc23)=NO1. The van der Waals surface area contributed by atoms with E-state index in [0.29, 0.717) is 11.3 Å². The molecule has 5 heteroatoms. The molecule has 134 valence electrons. The Morgan fingerprint density at radius 2 is 1.67 bits per heavy atom. The molecule has 0 fully saturated rings. The average molecular weight is 359 g/mol. The Morgan fingerprint density at radius 1 is 0.963 bits per heavy atom. The van der Waals surface area contributed by atoms with E-state index in [2.05, 4.69) is 5.16 Å². The fourth-order valence-corrected chi connectivity index (χ4v) is 3.37. The van der Waals surface area contributed by atoms with E-state index in [1.54, 1.807) is 30.3 Å². The monoisotopic (exact) mass is 359 g/mol. The Balaban J connectivity index is 1.76. The summed E-state index contributed by atoms with van der Waals surface area (Å²) in [5.74, 6) is -1.22. The summed E-state index contributed by atoms with van der Waals surface area (Å²) >= 11 is 0. The molecule has 1 heterocycles. The van der Waals surface area contributed by atoms with E-state index >= 15 is 0 Å². The van der Waals surface area contributed by atoms with E-state index in [1.807, 2.05) is 42.5 Å². The first-order chi connectivity index (χ1) is 13.2. The minimum absolute atomic E-state index is 0.0153. The zero-order valence-corrected chi connectivity index (χ0v) is 14.7. The van der Waals surface area contributed by atoms with Gasteiger partial charge in [0, 0.05) is 11.1 Å². The summed E-state index contributed by atoms with van der Waals surface area (Å²) in [6.45, 7) is 0. The minimum Gasteiger partial charge on any atom is -0.466 e. The summed E-state index contributed by atoms with van der Waals surface area (Å²) < 4.78 is 4.89. The summed E-state index contributed by atoms with van der Waals surface area (Å²) in [5.41, 5.74) is -0.0546. The van der Waals surface area contributed by atoms with Crippen molar-refractivity contribution in [1.29, 1.82) is 0 Å². The Kier molecular flexibility index (Phi) is 4.20. The van der Waals surface area contributed by atoms with Gasteiger partial charge in [-0.15, -0.1) is 0 Å². The van der Waals surface area contributed by atoms with Crippen LogP contribution in [0.15, 0.2) is 78.0 Å². The van der Waals surface area contributed by atoms with Crippen molar-refractivity contribution in [3.63, 3.8) is 0 Å². The van der Waals surface area contributed by atoms with Gasteiger partial charge in [0.2, 0.25) is 5.78 Å². The number of nitrogens with zero attached hydrogens (tertiary/aromatic N) is 1. The lowest BCUT2D eigenvalue weighted by Gasteiger charge is -2.22. The highest BCUT2D eigenvalue weighted by molar-refractivity contribution is 6.22. The number of hydrogen-bond acceptors (Lipinski definition) is 5. The molecule has 0 radical (unpaired) electrons. The first kappa shape index (κ1) is 17.0. The highest BCUT2D eigenvalue weighted by Gasteiger charge is 2.55. The van der Waals surface area contributed by atoms with Gasteiger partial charge in [-0.25, -0.2) is 4.79 Å². The van der Waals surface area contributed by atoms with Gasteiger partial charge in [0.05, 0.1) is 19.2 Å². The van der Waals surface area contributed by atoms with Crippen molar-refractivity contribution in [3.05, 3.63) is 83.9 Å². The van der Waals surface area contributed by atoms with Gasteiger partial charge in [-0.1, -0.05) is 78.0 Å². The Morgan fingerprint density at radius 3 is 2.44 bits per heavy atom. The second kappa shape index (κ2) is 6.68. The maximum absolute atomic E-state index is 13.1. The van der Waals surface area contributed by atoms with Gasteiger partial charge in [0.25, 0.3) is 0 Å². The maximum Gasteiger partial charge on any atom is 0.361 e. The van der Waals surface area contributed by atoms with Crippen LogP contribution in [-0.2, 0) is 14.4 Å². The number of Topliss-reactive ketones (excluding diaryl/α,β-unsaturated/α-hetero) is 1. The number of fused-ring (bicyclic) bond motifs is 1. The first-order valence-electron chi connectivity index (χ1n) is 8.57. The van der Waals surface area contributed by atoms with Crippen LogP contribution in [0.1, 0.15) is 22.3 Å². The van der Waals surface area contributed by atoms with E-state index in [-0.39, 0.29) is 6.42 Å². The number of rotatable bonds is 4. The summed E-state index contributed by atoms with van der Waals surface area (Å²) in [6, 6.07) is 22.2. The zero-order valence-electron chi connectivity index (χ0n) is 14.7. The first-order valence-corrected chi connectivity index (χ1v) is 8.57. The molecule has 3 aromatic carbocycles. The average Bonchev–Trinajstić information content (AvgIpc) is 3.19. The topological polar surface area (TPSA) is 65.0 Å². The summed E-state index contributed by atoms with van der Waals surface area (Å²) in [6.07, 6.45) is 0.0153. The summed E-state index contributed by atoms with van der Waals surface area (Å²) in [4.78, 5) is 31.1. The summed E-state index contributed by atoms with van der Waals surface area (Å²) in [5, 5.41) is 6.15. The third-order valence-electron chi connectivity index (χ3n) is 4.75. The molecule has 0 N–H and O–H groups in total. The van der Waals surface area contributed by atoms with E-state index in [1.165, 1.54) is 7.11 Å². The number of carbonyl (C=O) groups excluding carboxylic acids is 2. The molecule has 0 saturated heterocycles. The van der Waals surface area contributed by atoms with Crippen LogP contribution in [0.25, 0.3) is 10.8 Å². The normalized spacial score (nSPS) is 18.6. The van der Waals surface area contributed by atoms with Gasteiger partial charge >= 0.3 is 11.6 Å². The second-order valence-electron chi connectivity index (χ2n) is 6.35. The lowest BCUT2D eigenvalue weighted by atomic mass is 9.86. The van der Waals surface area contributed by atoms with E-state index in [0.717, 1.165) is 16.3 Å². The zero-order chi connectivity index (χ0) is 18.9. The smallest absolute Gasteiger partial charge is 0.361 e. The molecule has 1 unspecified atom stereocenters. The van der Waals surface area contributed by atoms with Gasteiger partial charge < -0.3 is 9.57 Å². The molecule has 0 aromatic heterocycles. The number of hydrogen-bond donors (Lipinski definition) is 0. The predicted octanol–water partition coefficient (Wildman–Crippen LogP) is 3.76. The van der Waals surface area contributed by atoms with Crippen LogP contribution in [0.4, 0.5) is 0 Å². The molecule has 5 nitrogen and oxygen atoms in total. The van der Waals surface area contributed by atoms with Crippen molar-refractivity contribution in [2.45, 2.75) is 12.0 Å². The van der Waals surface area contributed by atoms with Crippen LogP contribution in [-0.4, -0.2) is 30.2 Å². The molecule has 0 bridgehead atoms. The van der Waals surface area contributed by atoms with Crippen molar-refractivity contribution in [1.82, 2.24) is 0 Å². The molecule has 1 aliphatic heterocycles. The van der Waals surface area contributed by atoms with Crippen molar-refractivity contribution < 1.29 is 19.2 Å². The number of benzene rings is 3. The number of methoxy groups -OCH3 is 1. The fraction of sp³-hybridized carbons (Fsp3) is 0.136. The molecule has 4 rings (SSSR count). The fourth-order valence-electron chi connectivity index (χ4n) is 3.37. The molecule has 3 aromatic rings. The van der Waals surface area contributed by atoms with Gasteiger partial charge in [-0.3, -0.25) is 4.79 Å². The molecule has 0 spiro atoms. The summed E-state index contributed by atoms with van der Waals surface area (Å²) in [7, 11) is 1.24. The third-order valence-corrected chi connectivity index (χ3v) is 4.75. The van der Waals surface area contributed by atoms with Gasteiger partial charge in [-0.05, 0) is 10.8 Å². The van der Waals surface area contributed by atoms with Crippen LogP contribution in [0.2, 0.25) is 0 Å². The molecule has 0 saturated carbocycles. The lowest BCUT2D eigenvalue weighted by Crippen LogP contribution is -2.47. The molecular weight excluding hydrogens is 342 g/mol. The van der Waals surface area contributed by atoms with Crippen molar-refractivity contribution >= 4 is 28.2 Å². The van der Waals surface area contributed by atoms with Gasteiger partial charge in [0.1, 0.15) is 0 Å². The quantitative estimate of drug-likeness (QED) is 0.404. The second-order valence-corrected chi connectivity index (χ2v) is 6.35. The molecule has 1 aliphatic rings. The van der Waals surface area contributed by atoms with Gasteiger partial charge in [-0.2, -0.15) is 0 Å².